The standard InChI is InChI=1S/C17H23N3O3.ClH/c1-23-15-5-3-2-4-14(15)20-11-8-13(17(20)22)19-16(21)12-6-9-18-10-7-12;/h2-5,12-13,18H,6-11H2,1H3,(H,19,21);1H. The third kappa shape index (κ3) is 3.82. The van der Waals surface area contributed by atoms with Crippen LogP contribution < -0.4 is 20.3 Å². The molecule has 0 aliphatic carbocycles. The third-order valence-electron chi connectivity index (χ3n) is 4.61. The number of nitrogens with zero attached hydrogens (tertiary/aromatic N) is 1. The zero-order valence-corrected chi connectivity index (χ0v) is 14.6. The van der Waals surface area contributed by atoms with E-state index in [1.165, 1.54) is 0 Å². The molecule has 132 valence electrons. The summed E-state index contributed by atoms with van der Waals surface area (Å²) in [6.45, 7) is 2.32. The molecule has 3 rings (SSSR count). The molecular formula is C17H24ClN3O3. The minimum absolute atomic E-state index is 0. The van der Waals surface area contributed by atoms with Gasteiger partial charge in [-0.1, -0.05) is 12.1 Å². The fraction of sp³-hybridized carbons (Fsp3) is 0.529. The molecule has 1 aromatic carbocycles. The molecule has 0 bridgehead atoms. The predicted octanol–water partition coefficient (Wildman–Crippen LogP) is 1.34. The number of benzene rings is 1. The fourth-order valence-corrected chi connectivity index (χ4v) is 3.28. The van der Waals surface area contributed by atoms with Gasteiger partial charge in [-0.3, -0.25) is 9.59 Å². The topological polar surface area (TPSA) is 70.7 Å². The Morgan fingerprint density at radius 3 is 2.67 bits per heavy atom. The number of ether oxygens (including phenoxy) is 1. The Balaban J connectivity index is 0.00000208. The van der Waals surface area contributed by atoms with E-state index in [9.17, 15) is 9.59 Å². The van der Waals surface area contributed by atoms with Crippen LogP contribution in [-0.2, 0) is 9.59 Å². The van der Waals surface area contributed by atoms with E-state index in [1.54, 1.807) is 12.0 Å². The summed E-state index contributed by atoms with van der Waals surface area (Å²) in [5.74, 6) is 0.638. The second kappa shape index (κ2) is 8.35. The lowest BCUT2D eigenvalue weighted by atomic mass is 9.97. The number of para-hydroxylation sites is 2. The highest BCUT2D eigenvalue weighted by Gasteiger charge is 2.36. The molecular weight excluding hydrogens is 330 g/mol. The molecule has 2 N–H and O–H groups in total. The van der Waals surface area contributed by atoms with Crippen molar-refractivity contribution in [3.63, 3.8) is 0 Å². The van der Waals surface area contributed by atoms with Crippen LogP contribution in [-0.4, -0.2) is 44.6 Å². The lowest BCUT2D eigenvalue weighted by Gasteiger charge is -2.24. The van der Waals surface area contributed by atoms with Gasteiger partial charge in [0.1, 0.15) is 11.8 Å². The summed E-state index contributed by atoms with van der Waals surface area (Å²) in [5, 5.41) is 6.18. The van der Waals surface area contributed by atoms with Crippen molar-refractivity contribution in [2.75, 3.05) is 31.6 Å². The Morgan fingerprint density at radius 2 is 1.96 bits per heavy atom. The number of amides is 2. The highest BCUT2D eigenvalue weighted by Crippen LogP contribution is 2.31. The molecule has 0 spiro atoms. The van der Waals surface area contributed by atoms with E-state index >= 15 is 0 Å². The normalized spacial score (nSPS) is 21.3. The highest BCUT2D eigenvalue weighted by molar-refractivity contribution is 6.02. The second-order valence-corrected chi connectivity index (χ2v) is 6.04. The SMILES string of the molecule is COc1ccccc1N1CCC(NC(=O)C2CCNCC2)C1=O.Cl. The van der Waals surface area contributed by atoms with Crippen LogP contribution in [0.2, 0.25) is 0 Å². The Bertz CT molecular complexity index is 590. The van der Waals surface area contributed by atoms with E-state index < -0.39 is 6.04 Å². The Hall–Kier alpha value is -1.79. The Labute approximate surface area is 148 Å². The van der Waals surface area contributed by atoms with Gasteiger partial charge in [0.05, 0.1) is 12.8 Å². The molecule has 2 amide bonds. The number of hydrogen-bond acceptors (Lipinski definition) is 4. The maximum absolute atomic E-state index is 12.6. The number of nitrogens with one attached hydrogen (secondary N) is 2. The van der Waals surface area contributed by atoms with Gasteiger partial charge in [0, 0.05) is 12.5 Å². The van der Waals surface area contributed by atoms with E-state index in [4.69, 9.17) is 4.74 Å². The molecule has 0 aromatic heterocycles. The summed E-state index contributed by atoms with van der Waals surface area (Å²) in [4.78, 5) is 26.7. The van der Waals surface area contributed by atoms with Gasteiger partial charge in [0.2, 0.25) is 11.8 Å². The van der Waals surface area contributed by atoms with Gasteiger partial charge in [0.25, 0.3) is 0 Å². The van der Waals surface area contributed by atoms with Gasteiger partial charge in [-0.2, -0.15) is 0 Å². The van der Waals surface area contributed by atoms with E-state index in [0.717, 1.165) is 31.6 Å². The van der Waals surface area contributed by atoms with Gasteiger partial charge in [-0.15, -0.1) is 12.4 Å². The molecule has 1 atom stereocenters. The second-order valence-electron chi connectivity index (χ2n) is 6.04. The first kappa shape index (κ1) is 18.5. The lowest BCUT2D eigenvalue weighted by molar-refractivity contribution is -0.129. The average molecular weight is 354 g/mol. The van der Waals surface area contributed by atoms with Crippen molar-refractivity contribution in [1.82, 2.24) is 10.6 Å². The minimum atomic E-state index is -0.428. The molecule has 24 heavy (non-hydrogen) atoms. The summed E-state index contributed by atoms with van der Waals surface area (Å²) >= 11 is 0. The smallest absolute Gasteiger partial charge is 0.249 e. The zero-order chi connectivity index (χ0) is 16.2. The van der Waals surface area contributed by atoms with Crippen molar-refractivity contribution >= 4 is 29.9 Å². The van der Waals surface area contributed by atoms with Crippen molar-refractivity contribution in [3.8, 4) is 5.75 Å². The number of rotatable bonds is 4. The van der Waals surface area contributed by atoms with E-state index in [0.29, 0.717) is 18.7 Å². The molecule has 0 saturated carbocycles. The number of piperidine rings is 1. The van der Waals surface area contributed by atoms with Gasteiger partial charge in [-0.25, -0.2) is 0 Å². The molecule has 2 aliphatic heterocycles. The Kier molecular flexibility index (Phi) is 6.45. The number of methoxy groups -OCH3 is 1. The van der Waals surface area contributed by atoms with Crippen molar-refractivity contribution in [2.45, 2.75) is 25.3 Å². The summed E-state index contributed by atoms with van der Waals surface area (Å²) in [6, 6.07) is 7.03. The summed E-state index contributed by atoms with van der Waals surface area (Å²) in [6.07, 6.45) is 2.31. The van der Waals surface area contributed by atoms with Crippen molar-refractivity contribution < 1.29 is 14.3 Å². The van der Waals surface area contributed by atoms with E-state index in [1.807, 2.05) is 24.3 Å². The summed E-state index contributed by atoms with van der Waals surface area (Å²) in [7, 11) is 1.59. The minimum Gasteiger partial charge on any atom is -0.495 e. The zero-order valence-electron chi connectivity index (χ0n) is 13.8. The number of anilines is 1. The quantitative estimate of drug-likeness (QED) is 0.857. The van der Waals surface area contributed by atoms with Crippen LogP contribution >= 0.6 is 12.4 Å². The average Bonchev–Trinajstić information content (AvgIpc) is 2.96. The van der Waals surface area contributed by atoms with Crippen LogP contribution in [0.15, 0.2) is 24.3 Å². The maximum Gasteiger partial charge on any atom is 0.249 e. The van der Waals surface area contributed by atoms with Crippen molar-refractivity contribution in [1.29, 1.82) is 0 Å². The van der Waals surface area contributed by atoms with Crippen molar-refractivity contribution in [2.24, 2.45) is 5.92 Å². The van der Waals surface area contributed by atoms with E-state index in [-0.39, 0.29) is 30.1 Å². The van der Waals surface area contributed by atoms with Crippen molar-refractivity contribution in [3.05, 3.63) is 24.3 Å². The first-order valence-corrected chi connectivity index (χ1v) is 8.16. The van der Waals surface area contributed by atoms with Crippen LogP contribution in [0.3, 0.4) is 0 Å². The highest BCUT2D eigenvalue weighted by atomic mass is 35.5. The van der Waals surface area contributed by atoms with Crippen LogP contribution in [0.1, 0.15) is 19.3 Å². The molecule has 6 nitrogen and oxygen atoms in total. The van der Waals surface area contributed by atoms with Crippen LogP contribution in [0, 0.1) is 5.92 Å². The number of hydrogen-bond donors (Lipinski definition) is 2. The number of carbonyl (C=O) groups excluding carboxylic acids is 2. The summed E-state index contributed by atoms with van der Waals surface area (Å²) in [5.41, 5.74) is 0.763. The Morgan fingerprint density at radius 1 is 1.25 bits per heavy atom. The molecule has 2 saturated heterocycles. The summed E-state index contributed by atoms with van der Waals surface area (Å²) < 4.78 is 5.33. The molecule has 2 fully saturated rings. The molecule has 1 unspecified atom stereocenters. The van der Waals surface area contributed by atoms with Gasteiger partial charge >= 0.3 is 0 Å². The maximum atomic E-state index is 12.6. The molecule has 2 aliphatic rings. The monoisotopic (exact) mass is 353 g/mol. The molecule has 2 heterocycles. The third-order valence-corrected chi connectivity index (χ3v) is 4.61. The first-order chi connectivity index (χ1) is 11.2. The van der Waals surface area contributed by atoms with E-state index in [2.05, 4.69) is 10.6 Å². The molecule has 1 aromatic rings. The largest absolute Gasteiger partial charge is 0.495 e. The molecule has 7 heteroatoms. The lowest BCUT2D eigenvalue weighted by Crippen LogP contribution is -2.46. The molecule has 0 radical (unpaired) electrons. The van der Waals surface area contributed by atoms with Crippen LogP contribution in [0.25, 0.3) is 0 Å². The first-order valence-electron chi connectivity index (χ1n) is 8.16. The number of halogens is 1. The van der Waals surface area contributed by atoms with Gasteiger partial charge in [0.15, 0.2) is 0 Å². The number of carbonyl (C=O) groups is 2. The predicted molar refractivity (Wildman–Crippen MR) is 94.7 cm³/mol. The van der Waals surface area contributed by atoms with Gasteiger partial charge in [-0.05, 0) is 44.5 Å². The van der Waals surface area contributed by atoms with Crippen LogP contribution in [0.5, 0.6) is 5.75 Å². The van der Waals surface area contributed by atoms with Crippen LogP contribution in [0.4, 0.5) is 5.69 Å². The van der Waals surface area contributed by atoms with Gasteiger partial charge < -0.3 is 20.3 Å². The fourth-order valence-electron chi connectivity index (χ4n) is 3.28.